The minimum Gasteiger partial charge on any atom is -0.756 e. The predicted molar refractivity (Wildman–Crippen MR) is 122 cm³/mol. The zero-order chi connectivity index (χ0) is 28.4. The molecule has 6 atom stereocenters. The fraction of sp³-hybridized carbons (Fsp3) is 0.409. The Morgan fingerprint density at radius 3 is 2.16 bits per heavy atom. The Balaban J connectivity index is 0.000000774. The molecule has 0 radical (unpaired) electrons. The second-order valence-electron chi connectivity index (χ2n) is 9.28. The molecule has 0 aliphatic heterocycles. The number of nitrogens with zero attached hydrogens (tertiary/aromatic N) is 1. The van der Waals surface area contributed by atoms with Gasteiger partial charge in [-0.05, 0) is 31.6 Å². The largest absolute Gasteiger partial charge is 1.00 e. The molecule has 1 amide bonds. The summed E-state index contributed by atoms with van der Waals surface area (Å²) in [7, 11) is -1.97. The van der Waals surface area contributed by atoms with Crippen LogP contribution in [0.2, 0.25) is 0 Å². The zero-order valence-corrected chi connectivity index (χ0v) is 23.7. The number of rotatable bonds is 2. The number of phenols is 1. The summed E-state index contributed by atoms with van der Waals surface area (Å²) < 4.78 is 8.77. The van der Waals surface area contributed by atoms with Gasteiger partial charge in [0.1, 0.15) is 22.8 Å². The van der Waals surface area contributed by atoms with Gasteiger partial charge in [0.05, 0.1) is 23.6 Å². The Kier molecular flexibility index (Phi) is 9.14. The number of phenolic OH excluding ortho intramolecular Hbond substituents is 1. The van der Waals surface area contributed by atoms with Crippen molar-refractivity contribution in [2.75, 3.05) is 14.1 Å². The first-order valence-corrected chi connectivity index (χ1v) is 12.3. The van der Waals surface area contributed by atoms with Crippen LogP contribution in [0, 0.1) is 11.8 Å². The number of carbonyl (C=O) groups excluding carboxylic acids is 3. The van der Waals surface area contributed by atoms with Crippen LogP contribution in [-0.2, 0) is 18.9 Å². The molecule has 0 spiro atoms. The summed E-state index contributed by atoms with van der Waals surface area (Å²) >= 11 is 0. The van der Waals surface area contributed by atoms with Gasteiger partial charge in [0.2, 0.25) is 5.78 Å². The van der Waals surface area contributed by atoms with Gasteiger partial charge in [-0.3, -0.25) is 23.8 Å². The summed E-state index contributed by atoms with van der Waals surface area (Å²) in [6, 6.07) is 3.13. The maximum Gasteiger partial charge on any atom is 1.00 e. The molecule has 202 valence electrons. The predicted octanol–water partition coefficient (Wildman–Crippen LogP) is -5.06. The van der Waals surface area contributed by atoms with E-state index in [9.17, 15) is 39.9 Å². The van der Waals surface area contributed by atoms with E-state index in [1.807, 2.05) is 0 Å². The molecule has 0 aromatic heterocycles. The standard InChI is InChI=1S/C22H24N2O8.Na.H3O4P/c1-7-8-5-4-6-9(25)11(8)16(26)12-10(7)17(27)14-15(24(2)3)18(28)13(21(23)31)20(30)22(14,32)19(12)29;;1-5(2,3)4/h4-7,10,14-15,17,25-27,30,32H,1-3H3,(H2,23,31);;(H3,1,2,3,4)/q;+1;/p-1/t7-,10?,14?,15-,17-,22-;;/m1../s1. The maximum absolute atomic E-state index is 13.7. The molecule has 0 saturated heterocycles. The molecule has 4 rings (SSSR count). The van der Waals surface area contributed by atoms with Crippen molar-refractivity contribution in [3.05, 3.63) is 46.2 Å². The minimum absolute atomic E-state index is 0. The van der Waals surface area contributed by atoms with Crippen LogP contribution >= 0.6 is 7.82 Å². The van der Waals surface area contributed by atoms with E-state index in [4.69, 9.17) is 25.0 Å². The number of aliphatic hydroxyl groups excluding tert-OH is 3. The molecule has 0 heterocycles. The van der Waals surface area contributed by atoms with Crippen molar-refractivity contribution in [2.24, 2.45) is 17.6 Å². The third-order valence-corrected chi connectivity index (χ3v) is 6.99. The van der Waals surface area contributed by atoms with E-state index in [0.29, 0.717) is 5.56 Å². The number of aromatic hydroxyl groups is 1. The van der Waals surface area contributed by atoms with Gasteiger partial charge in [-0.25, -0.2) is 0 Å². The molecule has 9 N–H and O–H groups in total. The number of aliphatic hydroxyl groups is 4. The topological polar surface area (TPSA) is 262 Å². The van der Waals surface area contributed by atoms with E-state index >= 15 is 0 Å². The fourth-order valence-electron chi connectivity index (χ4n) is 5.58. The molecule has 0 bridgehead atoms. The van der Waals surface area contributed by atoms with Crippen molar-refractivity contribution in [1.29, 1.82) is 0 Å². The summed E-state index contributed by atoms with van der Waals surface area (Å²) in [6.07, 6.45) is -1.59. The Hall–Kier alpha value is -2.10. The molecule has 38 heavy (non-hydrogen) atoms. The Morgan fingerprint density at radius 1 is 1.16 bits per heavy atom. The number of benzene rings is 1. The normalized spacial score (nSPS) is 30.5. The van der Waals surface area contributed by atoms with Gasteiger partial charge in [0.15, 0.2) is 11.4 Å². The van der Waals surface area contributed by atoms with Crippen molar-refractivity contribution in [2.45, 2.75) is 30.6 Å². The van der Waals surface area contributed by atoms with Crippen molar-refractivity contribution in [1.82, 2.24) is 4.90 Å². The van der Waals surface area contributed by atoms with Gasteiger partial charge in [-0.1, -0.05) is 19.1 Å². The van der Waals surface area contributed by atoms with Crippen LogP contribution in [0.15, 0.2) is 35.1 Å². The first-order valence-electron chi connectivity index (χ1n) is 10.8. The third-order valence-electron chi connectivity index (χ3n) is 6.99. The first-order chi connectivity index (χ1) is 16.9. The molecular weight excluding hydrogens is 538 g/mol. The van der Waals surface area contributed by atoms with Crippen molar-refractivity contribution in [3.8, 4) is 5.75 Å². The van der Waals surface area contributed by atoms with E-state index in [-0.39, 0.29) is 40.9 Å². The molecule has 14 nitrogen and oxygen atoms in total. The summed E-state index contributed by atoms with van der Waals surface area (Å²) in [5.74, 6) is -8.87. The zero-order valence-electron chi connectivity index (χ0n) is 20.8. The van der Waals surface area contributed by atoms with Crippen LogP contribution < -0.4 is 40.2 Å². The number of nitrogens with two attached hydrogens (primary N) is 1. The van der Waals surface area contributed by atoms with E-state index in [2.05, 4.69) is 0 Å². The van der Waals surface area contributed by atoms with Crippen LogP contribution in [-0.4, -0.2) is 89.5 Å². The van der Waals surface area contributed by atoms with Crippen molar-refractivity contribution >= 4 is 31.1 Å². The van der Waals surface area contributed by atoms with Crippen LogP contribution in [0.5, 0.6) is 5.75 Å². The molecule has 2 unspecified atom stereocenters. The number of fused-ring (bicyclic) bond motifs is 3. The van der Waals surface area contributed by atoms with E-state index < -0.39 is 83.5 Å². The van der Waals surface area contributed by atoms with E-state index in [1.54, 1.807) is 19.1 Å². The molecule has 3 aliphatic rings. The second-order valence-corrected chi connectivity index (χ2v) is 10.3. The summed E-state index contributed by atoms with van der Waals surface area (Å²) in [5, 5.41) is 54.9. The summed E-state index contributed by atoms with van der Waals surface area (Å²) in [6.45, 7) is 1.68. The SMILES string of the molecule is C[C@@H]1c2cccc(O)c2C(O)=C2C(=O)[C@@]3(O)C(O)=C(C(N)=O)C(=O)[C@H](N(C)C)C3[C@H](O)C21.O=P([O-])(O)O.[Na+]. The molecule has 1 fully saturated rings. The minimum atomic E-state index is -4.89. The Morgan fingerprint density at radius 2 is 1.68 bits per heavy atom. The van der Waals surface area contributed by atoms with Crippen LogP contribution in [0.3, 0.4) is 0 Å². The maximum atomic E-state index is 13.7. The van der Waals surface area contributed by atoms with Gasteiger partial charge in [-0.2, -0.15) is 0 Å². The first kappa shape index (κ1) is 32.1. The smallest absolute Gasteiger partial charge is 0.756 e. The Bertz CT molecular complexity index is 1300. The second kappa shape index (κ2) is 10.8. The fourth-order valence-corrected chi connectivity index (χ4v) is 5.58. The van der Waals surface area contributed by atoms with Gasteiger partial charge >= 0.3 is 29.6 Å². The van der Waals surface area contributed by atoms with E-state index in [1.165, 1.54) is 25.1 Å². The number of ketones is 2. The van der Waals surface area contributed by atoms with Crippen molar-refractivity contribution in [3.63, 3.8) is 0 Å². The average molecular weight is 564 g/mol. The van der Waals surface area contributed by atoms with Gasteiger partial charge in [0, 0.05) is 11.5 Å². The summed E-state index contributed by atoms with van der Waals surface area (Å²) in [4.78, 5) is 62.9. The number of hydrogen-bond donors (Lipinski definition) is 8. The molecule has 1 aromatic carbocycles. The monoisotopic (exact) mass is 564 g/mol. The average Bonchev–Trinajstić information content (AvgIpc) is 2.74. The number of amides is 1. The van der Waals surface area contributed by atoms with Crippen molar-refractivity contribution < 1.29 is 88.7 Å². The number of primary amides is 1. The molecular formula is C22H26N2NaO12P. The van der Waals surface area contributed by atoms with Crippen LogP contribution in [0.25, 0.3) is 5.76 Å². The number of hydrogen-bond acceptors (Lipinski definition) is 11. The van der Waals surface area contributed by atoms with Crippen LogP contribution in [0.1, 0.15) is 24.0 Å². The molecule has 16 heteroatoms. The van der Waals surface area contributed by atoms with Gasteiger partial charge in [-0.15, -0.1) is 0 Å². The number of likely N-dealkylation sites (N-methyl/N-ethyl adjacent to an activating group) is 1. The number of Topliss-reactive ketones (excluding diaryl/α,β-unsaturated/α-hetero) is 2. The van der Waals surface area contributed by atoms with Crippen LogP contribution in [0.4, 0.5) is 0 Å². The quantitative estimate of drug-likeness (QED) is 0.0951. The molecule has 1 saturated carbocycles. The van der Waals surface area contributed by atoms with E-state index in [0.717, 1.165) is 0 Å². The summed E-state index contributed by atoms with van der Waals surface area (Å²) in [5.41, 5.74) is 1.47. The molecule has 1 aromatic rings. The van der Waals surface area contributed by atoms with Gasteiger partial charge in [0.25, 0.3) is 13.7 Å². The Labute approximate surface area is 238 Å². The third kappa shape index (κ3) is 4.97. The number of phosphoric acid groups is 1. The van der Waals surface area contributed by atoms with Gasteiger partial charge < -0.3 is 45.9 Å². The molecule has 3 aliphatic carbocycles. The number of carbonyl (C=O) groups is 3.